The summed E-state index contributed by atoms with van der Waals surface area (Å²) < 4.78 is 5.44. The summed E-state index contributed by atoms with van der Waals surface area (Å²) in [6.07, 6.45) is 1.32. The van der Waals surface area contributed by atoms with Crippen molar-refractivity contribution in [1.29, 1.82) is 0 Å². The third kappa shape index (κ3) is 4.56. The number of rotatable bonds is 5. The van der Waals surface area contributed by atoms with Crippen LogP contribution in [0.3, 0.4) is 0 Å². The number of benzene rings is 1. The van der Waals surface area contributed by atoms with E-state index in [-0.39, 0.29) is 24.3 Å². The van der Waals surface area contributed by atoms with E-state index < -0.39 is 12.0 Å². The third-order valence-corrected chi connectivity index (χ3v) is 3.75. The SMILES string of the molecule is CC1CC(C(=O)NC(CC(=O)O)c2ccccc2)CCO1. The highest BCUT2D eigenvalue weighted by Gasteiger charge is 2.28. The molecular formula is C16H21NO4. The van der Waals surface area contributed by atoms with Gasteiger partial charge in [0.25, 0.3) is 0 Å². The summed E-state index contributed by atoms with van der Waals surface area (Å²) in [6.45, 7) is 2.53. The van der Waals surface area contributed by atoms with E-state index in [0.29, 0.717) is 19.4 Å². The first kappa shape index (κ1) is 15.5. The van der Waals surface area contributed by atoms with E-state index in [0.717, 1.165) is 5.56 Å². The Kier molecular flexibility index (Phi) is 5.33. The van der Waals surface area contributed by atoms with Crippen LogP contribution in [-0.2, 0) is 14.3 Å². The first-order valence-electron chi connectivity index (χ1n) is 7.25. The summed E-state index contributed by atoms with van der Waals surface area (Å²) in [5.41, 5.74) is 0.813. The number of ether oxygens (including phenoxy) is 1. The summed E-state index contributed by atoms with van der Waals surface area (Å²) in [7, 11) is 0. The summed E-state index contributed by atoms with van der Waals surface area (Å²) in [4.78, 5) is 23.4. The van der Waals surface area contributed by atoms with Crippen molar-refractivity contribution < 1.29 is 19.4 Å². The number of carbonyl (C=O) groups is 2. The van der Waals surface area contributed by atoms with E-state index >= 15 is 0 Å². The van der Waals surface area contributed by atoms with Crippen LogP contribution in [0.1, 0.15) is 37.8 Å². The Morgan fingerprint density at radius 2 is 2.10 bits per heavy atom. The second-order valence-corrected chi connectivity index (χ2v) is 5.47. The molecule has 0 bridgehead atoms. The predicted octanol–water partition coefficient (Wildman–Crippen LogP) is 2.13. The molecule has 0 spiro atoms. The van der Waals surface area contributed by atoms with Crippen molar-refractivity contribution in [2.45, 2.75) is 38.3 Å². The zero-order chi connectivity index (χ0) is 15.2. The van der Waals surface area contributed by atoms with Crippen LogP contribution in [0.5, 0.6) is 0 Å². The minimum absolute atomic E-state index is 0.0733. The normalized spacial score (nSPS) is 23.3. The Morgan fingerprint density at radius 3 is 2.71 bits per heavy atom. The first-order chi connectivity index (χ1) is 10.1. The van der Waals surface area contributed by atoms with E-state index in [2.05, 4.69) is 5.32 Å². The van der Waals surface area contributed by atoms with Crippen LogP contribution in [0.2, 0.25) is 0 Å². The molecule has 1 aliphatic heterocycles. The van der Waals surface area contributed by atoms with Gasteiger partial charge in [0.05, 0.1) is 18.6 Å². The molecule has 1 aromatic rings. The number of carbonyl (C=O) groups excluding carboxylic acids is 1. The van der Waals surface area contributed by atoms with Crippen LogP contribution in [0.25, 0.3) is 0 Å². The molecule has 1 amide bonds. The van der Waals surface area contributed by atoms with Crippen molar-refractivity contribution in [1.82, 2.24) is 5.32 Å². The third-order valence-electron chi connectivity index (χ3n) is 3.75. The zero-order valence-corrected chi connectivity index (χ0v) is 12.1. The molecule has 0 saturated carbocycles. The van der Waals surface area contributed by atoms with Crippen LogP contribution >= 0.6 is 0 Å². The molecule has 3 unspecified atom stereocenters. The summed E-state index contributed by atoms with van der Waals surface area (Å²) in [5, 5.41) is 11.9. The molecule has 1 saturated heterocycles. The minimum Gasteiger partial charge on any atom is -0.481 e. The Bertz CT molecular complexity index is 488. The lowest BCUT2D eigenvalue weighted by Crippen LogP contribution is -2.39. The van der Waals surface area contributed by atoms with Crippen LogP contribution in [-0.4, -0.2) is 29.7 Å². The van der Waals surface area contributed by atoms with Gasteiger partial charge in [0, 0.05) is 12.5 Å². The van der Waals surface area contributed by atoms with Gasteiger partial charge >= 0.3 is 5.97 Å². The lowest BCUT2D eigenvalue weighted by molar-refractivity contribution is -0.138. The number of hydrogen-bond donors (Lipinski definition) is 2. The molecule has 5 heteroatoms. The van der Waals surface area contributed by atoms with Gasteiger partial charge in [0.2, 0.25) is 5.91 Å². The van der Waals surface area contributed by atoms with E-state index in [1.54, 1.807) is 0 Å². The number of carboxylic acids is 1. The second kappa shape index (κ2) is 7.22. The smallest absolute Gasteiger partial charge is 0.305 e. The molecule has 1 heterocycles. The minimum atomic E-state index is -0.926. The van der Waals surface area contributed by atoms with E-state index in [9.17, 15) is 9.59 Å². The molecule has 21 heavy (non-hydrogen) atoms. The molecule has 0 radical (unpaired) electrons. The molecule has 114 valence electrons. The van der Waals surface area contributed by atoms with Crippen molar-refractivity contribution >= 4 is 11.9 Å². The fourth-order valence-electron chi connectivity index (χ4n) is 2.64. The van der Waals surface area contributed by atoms with Gasteiger partial charge in [-0.25, -0.2) is 0 Å². The molecule has 3 atom stereocenters. The second-order valence-electron chi connectivity index (χ2n) is 5.47. The summed E-state index contributed by atoms with van der Waals surface area (Å²) in [6, 6.07) is 8.72. The maximum atomic E-state index is 12.3. The average Bonchev–Trinajstić information content (AvgIpc) is 2.47. The van der Waals surface area contributed by atoms with Crippen LogP contribution < -0.4 is 5.32 Å². The molecule has 0 aliphatic carbocycles. The van der Waals surface area contributed by atoms with Crippen molar-refractivity contribution in [2.24, 2.45) is 5.92 Å². The van der Waals surface area contributed by atoms with Crippen LogP contribution in [0, 0.1) is 5.92 Å². The van der Waals surface area contributed by atoms with Gasteiger partial charge in [-0.05, 0) is 25.3 Å². The standard InChI is InChI=1S/C16H21NO4/c1-11-9-13(7-8-21-11)16(20)17-14(10-15(18)19)12-5-3-2-4-6-12/h2-6,11,13-14H,7-10H2,1H3,(H,17,20)(H,18,19). The molecular weight excluding hydrogens is 270 g/mol. The maximum absolute atomic E-state index is 12.3. The largest absolute Gasteiger partial charge is 0.481 e. The van der Waals surface area contributed by atoms with Gasteiger partial charge in [0.15, 0.2) is 0 Å². The van der Waals surface area contributed by atoms with Crippen molar-refractivity contribution in [3.8, 4) is 0 Å². The fraction of sp³-hybridized carbons (Fsp3) is 0.500. The van der Waals surface area contributed by atoms with Gasteiger partial charge in [-0.1, -0.05) is 30.3 Å². The highest BCUT2D eigenvalue weighted by atomic mass is 16.5. The quantitative estimate of drug-likeness (QED) is 0.871. The zero-order valence-electron chi connectivity index (χ0n) is 12.1. The molecule has 5 nitrogen and oxygen atoms in total. The molecule has 0 aromatic heterocycles. The van der Waals surface area contributed by atoms with Crippen molar-refractivity contribution in [3.63, 3.8) is 0 Å². The summed E-state index contributed by atoms with van der Waals surface area (Å²) in [5.74, 6) is -1.11. The summed E-state index contributed by atoms with van der Waals surface area (Å²) >= 11 is 0. The van der Waals surface area contributed by atoms with Crippen molar-refractivity contribution in [3.05, 3.63) is 35.9 Å². The van der Waals surface area contributed by atoms with Gasteiger partial charge in [-0.3, -0.25) is 9.59 Å². The monoisotopic (exact) mass is 291 g/mol. The number of carboxylic acid groups (broad SMARTS) is 1. The topological polar surface area (TPSA) is 75.6 Å². The van der Waals surface area contributed by atoms with E-state index in [1.807, 2.05) is 37.3 Å². The average molecular weight is 291 g/mol. The number of hydrogen-bond acceptors (Lipinski definition) is 3. The molecule has 2 rings (SSSR count). The lowest BCUT2D eigenvalue weighted by Gasteiger charge is -2.28. The van der Waals surface area contributed by atoms with Crippen LogP contribution in [0.15, 0.2) is 30.3 Å². The van der Waals surface area contributed by atoms with Gasteiger partial charge in [-0.15, -0.1) is 0 Å². The predicted molar refractivity (Wildman–Crippen MR) is 77.7 cm³/mol. The molecule has 1 aliphatic rings. The van der Waals surface area contributed by atoms with Crippen molar-refractivity contribution in [2.75, 3.05) is 6.61 Å². The Balaban J connectivity index is 2.04. The van der Waals surface area contributed by atoms with Gasteiger partial charge < -0.3 is 15.2 Å². The maximum Gasteiger partial charge on any atom is 0.305 e. The number of aliphatic carboxylic acids is 1. The highest BCUT2D eigenvalue weighted by molar-refractivity contribution is 5.80. The van der Waals surface area contributed by atoms with Crippen LogP contribution in [0.4, 0.5) is 0 Å². The van der Waals surface area contributed by atoms with Gasteiger partial charge in [0.1, 0.15) is 0 Å². The molecule has 1 aromatic carbocycles. The first-order valence-corrected chi connectivity index (χ1v) is 7.25. The Morgan fingerprint density at radius 1 is 1.38 bits per heavy atom. The molecule has 1 fully saturated rings. The Labute approximate surface area is 124 Å². The fourth-order valence-corrected chi connectivity index (χ4v) is 2.64. The lowest BCUT2D eigenvalue weighted by atomic mass is 9.94. The number of amides is 1. The van der Waals surface area contributed by atoms with Gasteiger partial charge in [-0.2, -0.15) is 0 Å². The Hall–Kier alpha value is -1.88. The number of nitrogens with one attached hydrogen (secondary N) is 1. The van der Waals surface area contributed by atoms with E-state index in [4.69, 9.17) is 9.84 Å². The highest BCUT2D eigenvalue weighted by Crippen LogP contribution is 2.23. The molecule has 2 N–H and O–H groups in total. The van der Waals surface area contributed by atoms with E-state index in [1.165, 1.54) is 0 Å².